The summed E-state index contributed by atoms with van der Waals surface area (Å²) in [4.78, 5) is 0.347. The van der Waals surface area contributed by atoms with Crippen LogP contribution in [0.2, 0.25) is 0 Å². The number of aryl methyl sites for hydroxylation is 1. The fourth-order valence-corrected chi connectivity index (χ4v) is 3.03. The number of hydrogen-bond acceptors (Lipinski definition) is 2. The van der Waals surface area contributed by atoms with E-state index in [9.17, 15) is 8.42 Å². The van der Waals surface area contributed by atoms with Gasteiger partial charge in [0.1, 0.15) is 0 Å². The van der Waals surface area contributed by atoms with Crippen LogP contribution in [0, 0.1) is 0 Å². The number of rotatable bonds is 7. The fraction of sp³-hybridized carbons (Fsp3) is 0.538. The molecular formula is C13H20ClNO2S. The van der Waals surface area contributed by atoms with Crippen molar-refractivity contribution in [2.45, 2.75) is 31.1 Å². The van der Waals surface area contributed by atoms with E-state index in [2.05, 4.69) is 6.92 Å². The molecule has 0 saturated carbocycles. The molecule has 5 heteroatoms. The van der Waals surface area contributed by atoms with Crippen LogP contribution < -0.4 is 0 Å². The van der Waals surface area contributed by atoms with Gasteiger partial charge < -0.3 is 0 Å². The summed E-state index contributed by atoms with van der Waals surface area (Å²) in [7, 11) is -1.78. The SMILES string of the molecule is CCCc1ccc(S(=O)(=O)N(C)CCCCl)cc1. The molecule has 3 nitrogen and oxygen atoms in total. The van der Waals surface area contributed by atoms with E-state index in [1.807, 2.05) is 12.1 Å². The molecule has 0 N–H and O–H groups in total. The van der Waals surface area contributed by atoms with Crippen LogP contribution in [0.25, 0.3) is 0 Å². The van der Waals surface area contributed by atoms with E-state index in [-0.39, 0.29) is 0 Å². The van der Waals surface area contributed by atoms with E-state index in [0.717, 1.165) is 12.8 Å². The zero-order chi connectivity index (χ0) is 13.6. The molecule has 0 atom stereocenters. The van der Waals surface area contributed by atoms with Gasteiger partial charge in [-0.3, -0.25) is 0 Å². The third-order valence-electron chi connectivity index (χ3n) is 2.78. The maximum Gasteiger partial charge on any atom is 0.242 e. The molecule has 1 aromatic carbocycles. The van der Waals surface area contributed by atoms with Crippen LogP contribution in [0.1, 0.15) is 25.3 Å². The van der Waals surface area contributed by atoms with E-state index in [1.165, 1.54) is 9.87 Å². The van der Waals surface area contributed by atoms with Crippen molar-refractivity contribution in [2.24, 2.45) is 0 Å². The molecule has 1 rings (SSSR count). The molecule has 0 aliphatic carbocycles. The third kappa shape index (κ3) is 3.97. The van der Waals surface area contributed by atoms with Gasteiger partial charge in [0.2, 0.25) is 10.0 Å². The van der Waals surface area contributed by atoms with Crippen LogP contribution in [0.15, 0.2) is 29.2 Å². The highest BCUT2D eigenvalue weighted by atomic mass is 35.5. The first-order valence-electron chi connectivity index (χ1n) is 6.13. The lowest BCUT2D eigenvalue weighted by Gasteiger charge is -2.16. The molecule has 0 aliphatic rings. The average Bonchev–Trinajstić information content (AvgIpc) is 2.37. The standard InChI is InChI=1S/C13H20ClNO2S/c1-3-5-12-6-8-13(9-7-12)18(16,17)15(2)11-4-10-14/h6-9H,3-5,10-11H2,1-2H3. The van der Waals surface area contributed by atoms with Crippen LogP contribution in [0.5, 0.6) is 0 Å². The summed E-state index contributed by atoms with van der Waals surface area (Å²) in [6.45, 7) is 2.55. The average molecular weight is 290 g/mol. The van der Waals surface area contributed by atoms with Crippen LogP contribution in [-0.4, -0.2) is 32.2 Å². The molecule has 0 saturated heterocycles. The highest BCUT2D eigenvalue weighted by Crippen LogP contribution is 2.16. The smallest absolute Gasteiger partial charge is 0.207 e. The van der Waals surface area contributed by atoms with Gasteiger partial charge in [-0.05, 0) is 30.5 Å². The van der Waals surface area contributed by atoms with Crippen LogP contribution >= 0.6 is 11.6 Å². The van der Waals surface area contributed by atoms with Gasteiger partial charge in [0.25, 0.3) is 0 Å². The first-order valence-corrected chi connectivity index (χ1v) is 8.11. The lowest BCUT2D eigenvalue weighted by Crippen LogP contribution is -2.28. The Morgan fingerprint density at radius 3 is 2.33 bits per heavy atom. The van der Waals surface area contributed by atoms with Gasteiger partial charge in [-0.25, -0.2) is 12.7 Å². The lowest BCUT2D eigenvalue weighted by atomic mass is 10.1. The van der Waals surface area contributed by atoms with Crippen molar-refractivity contribution < 1.29 is 8.42 Å². The highest BCUT2D eigenvalue weighted by Gasteiger charge is 2.19. The molecule has 0 amide bonds. The fourth-order valence-electron chi connectivity index (χ4n) is 1.70. The molecule has 0 spiro atoms. The summed E-state index contributed by atoms with van der Waals surface area (Å²) in [5.74, 6) is 0.468. The van der Waals surface area contributed by atoms with Gasteiger partial charge in [-0.2, -0.15) is 0 Å². The molecule has 0 fully saturated rings. The Labute approximate surface area is 115 Å². The zero-order valence-corrected chi connectivity index (χ0v) is 12.5. The minimum Gasteiger partial charge on any atom is -0.207 e. The normalized spacial score (nSPS) is 12.0. The molecule has 0 aliphatic heterocycles. The predicted molar refractivity (Wildman–Crippen MR) is 75.6 cm³/mol. The van der Waals surface area contributed by atoms with E-state index in [4.69, 9.17) is 11.6 Å². The second kappa shape index (κ2) is 7.12. The Hall–Kier alpha value is -0.580. The van der Waals surface area contributed by atoms with Crippen LogP contribution in [0.4, 0.5) is 0 Å². The number of hydrogen-bond donors (Lipinski definition) is 0. The number of nitrogens with zero attached hydrogens (tertiary/aromatic N) is 1. The molecule has 102 valence electrons. The van der Waals surface area contributed by atoms with Crippen molar-refractivity contribution in [3.8, 4) is 0 Å². The summed E-state index contributed by atoms with van der Waals surface area (Å²) >= 11 is 5.58. The number of benzene rings is 1. The summed E-state index contributed by atoms with van der Waals surface area (Å²) in [6, 6.07) is 7.12. The predicted octanol–water partition coefficient (Wildman–Crippen LogP) is 2.89. The summed E-state index contributed by atoms with van der Waals surface area (Å²) in [5.41, 5.74) is 1.17. The monoisotopic (exact) mass is 289 g/mol. The van der Waals surface area contributed by atoms with Crippen molar-refractivity contribution >= 4 is 21.6 Å². The van der Waals surface area contributed by atoms with Crippen molar-refractivity contribution in [1.29, 1.82) is 0 Å². The van der Waals surface area contributed by atoms with E-state index < -0.39 is 10.0 Å². The van der Waals surface area contributed by atoms with Gasteiger partial charge in [-0.15, -0.1) is 11.6 Å². The maximum atomic E-state index is 12.2. The summed E-state index contributed by atoms with van der Waals surface area (Å²) in [5, 5.41) is 0. The molecular weight excluding hydrogens is 270 g/mol. The van der Waals surface area contributed by atoms with E-state index >= 15 is 0 Å². The molecule has 0 unspecified atom stereocenters. The van der Waals surface area contributed by atoms with E-state index in [1.54, 1.807) is 19.2 Å². The Morgan fingerprint density at radius 2 is 1.83 bits per heavy atom. The largest absolute Gasteiger partial charge is 0.242 e. The molecule has 1 aromatic rings. The number of halogens is 1. The lowest BCUT2D eigenvalue weighted by molar-refractivity contribution is 0.469. The quantitative estimate of drug-likeness (QED) is 0.724. The topological polar surface area (TPSA) is 37.4 Å². The number of alkyl halides is 1. The van der Waals surface area contributed by atoms with Crippen molar-refractivity contribution in [3.63, 3.8) is 0 Å². The Bertz CT molecular complexity index is 456. The maximum absolute atomic E-state index is 12.2. The first-order chi connectivity index (χ1) is 8.52. The van der Waals surface area contributed by atoms with E-state index in [0.29, 0.717) is 23.7 Å². The van der Waals surface area contributed by atoms with Gasteiger partial charge >= 0.3 is 0 Å². The number of sulfonamides is 1. The Balaban J connectivity index is 2.84. The van der Waals surface area contributed by atoms with Gasteiger partial charge in [-0.1, -0.05) is 25.5 Å². The van der Waals surface area contributed by atoms with Gasteiger partial charge in [0.15, 0.2) is 0 Å². The molecule has 0 aromatic heterocycles. The van der Waals surface area contributed by atoms with Crippen molar-refractivity contribution in [2.75, 3.05) is 19.5 Å². The Morgan fingerprint density at radius 1 is 1.22 bits per heavy atom. The summed E-state index contributed by atoms with van der Waals surface area (Å²) < 4.78 is 25.7. The minimum atomic E-state index is -3.37. The Kier molecular flexibility index (Phi) is 6.12. The highest BCUT2D eigenvalue weighted by molar-refractivity contribution is 7.89. The molecule has 0 bridgehead atoms. The van der Waals surface area contributed by atoms with Crippen LogP contribution in [-0.2, 0) is 16.4 Å². The van der Waals surface area contributed by atoms with Gasteiger partial charge in [0.05, 0.1) is 4.90 Å². The second-order valence-corrected chi connectivity index (χ2v) is 6.69. The van der Waals surface area contributed by atoms with Gasteiger partial charge in [0, 0.05) is 19.5 Å². The van der Waals surface area contributed by atoms with Crippen molar-refractivity contribution in [3.05, 3.63) is 29.8 Å². The molecule has 18 heavy (non-hydrogen) atoms. The zero-order valence-electron chi connectivity index (χ0n) is 10.9. The minimum absolute atomic E-state index is 0.347. The molecule has 0 heterocycles. The second-order valence-electron chi connectivity index (χ2n) is 4.26. The van der Waals surface area contributed by atoms with Crippen LogP contribution in [0.3, 0.4) is 0 Å². The first kappa shape index (κ1) is 15.5. The third-order valence-corrected chi connectivity index (χ3v) is 4.92. The van der Waals surface area contributed by atoms with Crippen molar-refractivity contribution in [1.82, 2.24) is 4.31 Å². The molecule has 0 radical (unpaired) electrons. The summed E-state index contributed by atoms with van der Waals surface area (Å²) in [6.07, 6.45) is 2.69.